The Balaban J connectivity index is 2.20. The van der Waals surface area contributed by atoms with Gasteiger partial charge in [-0.15, -0.1) is 0 Å². The number of rotatable bonds is 3. The highest BCUT2D eigenvalue weighted by molar-refractivity contribution is 5.96. The summed E-state index contributed by atoms with van der Waals surface area (Å²) in [4.78, 5) is 13.3. The van der Waals surface area contributed by atoms with Crippen LogP contribution in [0.5, 0.6) is 0 Å². The molecule has 1 amide bonds. The Bertz CT molecular complexity index is 431. The number of nitrogens with zero attached hydrogens (tertiary/aromatic N) is 1. The number of benzene rings is 1. The Kier molecular flexibility index (Phi) is 3.45. The maximum atomic E-state index is 11.8. The lowest BCUT2D eigenvalue weighted by Gasteiger charge is -2.21. The number of fused-ring (bicyclic) bond motifs is 1. The lowest BCUT2D eigenvalue weighted by Crippen LogP contribution is -2.44. The maximum Gasteiger partial charge on any atom is 0.246 e. The summed E-state index contributed by atoms with van der Waals surface area (Å²) in [5, 5.41) is 8.88. The molecule has 0 bridgehead atoms. The van der Waals surface area contributed by atoms with E-state index in [1.54, 1.807) is 7.05 Å². The average Bonchev–Trinajstić information content (AvgIpc) is 2.83. The van der Waals surface area contributed by atoms with E-state index in [9.17, 15) is 4.79 Å². The maximum absolute atomic E-state index is 11.8. The van der Waals surface area contributed by atoms with Crippen molar-refractivity contribution in [2.24, 2.45) is 5.73 Å². The SMILES string of the molecule is CN(C(=O)C(N)CO)c1ccc2c(c1)CCC2. The number of anilines is 1. The van der Waals surface area contributed by atoms with Crippen molar-refractivity contribution in [3.8, 4) is 0 Å². The minimum atomic E-state index is -0.840. The average molecular weight is 234 g/mol. The Labute approximate surface area is 101 Å². The Morgan fingerprint density at radius 2 is 2.18 bits per heavy atom. The minimum absolute atomic E-state index is 0.259. The first-order valence-electron chi connectivity index (χ1n) is 5.89. The second-order valence-electron chi connectivity index (χ2n) is 4.49. The summed E-state index contributed by atoms with van der Waals surface area (Å²) in [6.07, 6.45) is 3.40. The smallest absolute Gasteiger partial charge is 0.246 e. The molecular weight excluding hydrogens is 216 g/mol. The fraction of sp³-hybridized carbons (Fsp3) is 0.462. The molecule has 1 aromatic rings. The van der Waals surface area contributed by atoms with Gasteiger partial charge in [-0.2, -0.15) is 0 Å². The molecule has 2 rings (SSSR count). The molecule has 1 atom stereocenters. The van der Waals surface area contributed by atoms with E-state index in [-0.39, 0.29) is 12.5 Å². The molecule has 1 aliphatic rings. The van der Waals surface area contributed by atoms with Gasteiger partial charge in [-0.25, -0.2) is 0 Å². The zero-order valence-corrected chi connectivity index (χ0v) is 10.0. The second kappa shape index (κ2) is 4.85. The van der Waals surface area contributed by atoms with Crippen LogP contribution < -0.4 is 10.6 Å². The van der Waals surface area contributed by atoms with Crippen LogP contribution in [-0.2, 0) is 17.6 Å². The van der Waals surface area contributed by atoms with Crippen molar-refractivity contribution in [3.63, 3.8) is 0 Å². The minimum Gasteiger partial charge on any atom is -0.394 e. The van der Waals surface area contributed by atoms with Crippen LogP contribution in [0.2, 0.25) is 0 Å². The zero-order valence-electron chi connectivity index (χ0n) is 10.0. The van der Waals surface area contributed by atoms with Crippen molar-refractivity contribution in [2.75, 3.05) is 18.6 Å². The molecule has 0 saturated heterocycles. The largest absolute Gasteiger partial charge is 0.394 e. The van der Waals surface area contributed by atoms with E-state index < -0.39 is 6.04 Å². The summed E-state index contributed by atoms with van der Waals surface area (Å²) in [7, 11) is 1.69. The standard InChI is InChI=1S/C13H18N2O2/c1-15(13(17)12(14)8-16)11-6-5-9-3-2-4-10(9)7-11/h5-7,12,16H,2-4,8,14H2,1H3. The van der Waals surface area contributed by atoms with Crippen LogP contribution in [-0.4, -0.2) is 30.7 Å². The molecule has 0 spiro atoms. The topological polar surface area (TPSA) is 66.6 Å². The molecule has 0 saturated carbocycles. The summed E-state index contributed by atoms with van der Waals surface area (Å²) in [6, 6.07) is 5.22. The Hall–Kier alpha value is -1.39. The molecule has 4 nitrogen and oxygen atoms in total. The van der Waals surface area contributed by atoms with E-state index >= 15 is 0 Å². The van der Waals surface area contributed by atoms with Gasteiger partial charge in [0.15, 0.2) is 0 Å². The van der Waals surface area contributed by atoms with Crippen LogP contribution in [0.15, 0.2) is 18.2 Å². The molecule has 0 aromatic heterocycles. The fourth-order valence-corrected chi connectivity index (χ4v) is 2.22. The normalized spacial score (nSPS) is 15.5. The van der Waals surface area contributed by atoms with Gasteiger partial charge in [-0.05, 0) is 42.5 Å². The van der Waals surface area contributed by atoms with Gasteiger partial charge in [-0.1, -0.05) is 6.07 Å². The van der Waals surface area contributed by atoms with Gasteiger partial charge < -0.3 is 15.7 Å². The van der Waals surface area contributed by atoms with Gasteiger partial charge in [0.2, 0.25) is 5.91 Å². The van der Waals surface area contributed by atoms with Crippen LogP contribution in [0.1, 0.15) is 17.5 Å². The number of hydrogen-bond donors (Lipinski definition) is 2. The number of carbonyl (C=O) groups excluding carboxylic acids is 1. The van der Waals surface area contributed by atoms with Crippen LogP contribution >= 0.6 is 0 Å². The molecule has 0 fully saturated rings. The number of amides is 1. The van der Waals surface area contributed by atoms with Crippen molar-refractivity contribution in [3.05, 3.63) is 29.3 Å². The van der Waals surface area contributed by atoms with E-state index in [1.165, 1.54) is 22.4 Å². The summed E-state index contributed by atoms with van der Waals surface area (Å²) >= 11 is 0. The highest BCUT2D eigenvalue weighted by atomic mass is 16.3. The van der Waals surface area contributed by atoms with Gasteiger partial charge in [0.1, 0.15) is 6.04 Å². The van der Waals surface area contributed by atoms with Gasteiger partial charge in [0, 0.05) is 12.7 Å². The molecule has 0 heterocycles. The lowest BCUT2D eigenvalue weighted by atomic mass is 10.1. The summed E-state index contributed by atoms with van der Waals surface area (Å²) in [5.74, 6) is -0.259. The molecule has 92 valence electrons. The van der Waals surface area contributed by atoms with Gasteiger partial charge in [0.25, 0.3) is 0 Å². The summed E-state index contributed by atoms with van der Waals surface area (Å²) in [5.41, 5.74) is 9.07. The van der Waals surface area contributed by atoms with Crippen molar-refractivity contribution in [2.45, 2.75) is 25.3 Å². The highest BCUT2D eigenvalue weighted by Crippen LogP contribution is 2.26. The number of aryl methyl sites for hydroxylation is 2. The molecule has 4 heteroatoms. The first-order valence-corrected chi connectivity index (χ1v) is 5.89. The third-order valence-electron chi connectivity index (χ3n) is 3.31. The van der Waals surface area contributed by atoms with Crippen LogP contribution in [0.3, 0.4) is 0 Å². The Morgan fingerprint density at radius 3 is 2.88 bits per heavy atom. The van der Waals surface area contributed by atoms with Crippen molar-refractivity contribution in [1.82, 2.24) is 0 Å². The molecule has 1 aliphatic carbocycles. The number of aliphatic hydroxyl groups excluding tert-OH is 1. The predicted molar refractivity (Wildman–Crippen MR) is 66.9 cm³/mol. The van der Waals surface area contributed by atoms with Crippen LogP contribution in [0.25, 0.3) is 0 Å². The molecule has 0 radical (unpaired) electrons. The van der Waals surface area contributed by atoms with E-state index in [0.717, 1.165) is 18.5 Å². The predicted octanol–water partition coefficient (Wildman–Crippen LogP) is 0.458. The van der Waals surface area contributed by atoms with Crippen LogP contribution in [0.4, 0.5) is 5.69 Å². The van der Waals surface area contributed by atoms with Crippen LogP contribution in [0, 0.1) is 0 Å². The summed E-state index contributed by atoms with van der Waals surface area (Å²) < 4.78 is 0. The summed E-state index contributed by atoms with van der Waals surface area (Å²) in [6.45, 7) is -0.325. The first kappa shape index (κ1) is 12.1. The number of likely N-dealkylation sites (N-methyl/N-ethyl adjacent to an activating group) is 1. The Morgan fingerprint density at radius 1 is 1.47 bits per heavy atom. The lowest BCUT2D eigenvalue weighted by molar-refractivity contribution is -0.120. The molecule has 0 aliphatic heterocycles. The van der Waals surface area contributed by atoms with Gasteiger partial charge in [0.05, 0.1) is 6.61 Å². The first-order chi connectivity index (χ1) is 8.13. The molecule has 1 unspecified atom stereocenters. The zero-order chi connectivity index (χ0) is 12.4. The molecule has 17 heavy (non-hydrogen) atoms. The number of carbonyl (C=O) groups is 1. The number of aliphatic hydroxyl groups is 1. The molecule has 3 N–H and O–H groups in total. The third-order valence-corrected chi connectivity index (χ3v) is 3.31. The van der Waals surface area contributed by atoms with Crippen molar-refractivity contribution in [1.29, 1.82) is 0 Å². The third kappa shape index (κ3) is 2.33. The van der Waals surface area contributed by atoms with Gasteiger partial charge >= 0.3 is 0 Å². The molecular formula is C13H18N2O2. The van der Waals surface area contributed by atoms with E-state index in [2.05, 4.69) is 6.07 Å². The quantitative estimate of drug-likeness (QED) is 0.798. The van der Waals surface area contributed by atoms with Crippen molar-refractivity contribution >= 4 is 11.6 Å². The van der Waals surface area contributed by atoms with E-state index in [0.29, 0.717) is 0 Å². The van der Waals surface area contributed by atoms with E-state index in [1.807, 2.05) is 12.1 Å². The van der Waals surface area contributed by atoms with Gasteiger partial charge in [-0.3, -0.25) is 4.79 Å². The van der Waals surface area contributed by atoms with Crippen molar-refractivity contribution < 1.29 is 9.90 Å². The van der Waals surface area contributed by atoms with E-state index in [4.69, 9.17) is 10.8 Å². The number of hydrogen-bond acceptors (Lipinski definition) is 3. The fourth-order valence-electron chi connectivity index (χ4n) is 2.22. The second-order valence-corrected chi connectivity index (χ2v) is 4.49. The highest BCUT2D eigenvalue weighted by Gasteiger charge is 2.19. The monoisotopic (exact) mass is 234 g/mol. The molecule has 1 aromatic carbocycles. The number of nitrogens with two attached hydrogens (primary N) is 1.